The molecular weight excluding hydrogens is 276 g/mol. The van der Waals surface area contributed by atoms with Crippen LogP contribution in [0.1, 0.15) is 11.1 Å². The molecule has 0 unspecified atom stereocenters. The molecule has 0 aliphatic carbocycles. The average Bonchev–Trinajstić information content (AvgIpc) is 2.39. The van der Waals surface area contributed by atoms with Gasteiger partial charge in [0.15, 0.2) is 0 Å². The molecule has 1 aromatic heterocycles. The Hall–Kier alpha value is -1.99. The third kappa shape index (κ3) is 3.12. The summed E-state index contributed by atoms with van der Waals surface area (Å²) in [5, 5.41) is 0. The minimum absolute atomic E-state index is 0.0295. The molecule has 1 aromatic carbocycles. The molecule has 20 heavy (non-hydrogen) atoms. The number of anilines is 1. The number of nitrogen functional groups attached to an aromatic ring is 1. The van der Waals surface area contributed by atoms with Gasteiger partial charge in [-0.3, -0.25) is 0 Å². The Morgan fingerprint density at radius 2 is 1.90 bits per heavy atom. The maximum Gasteiger partial charge on any atom is 0.246 e. The molecule has 2 aromatic rings. The highest BCUT2D eigenvalue weighted by Gasteiger charge is 2.21. The first-order valence-electron chi connectivity index (χ1n) is 5.99. The van der Waals surface area contributed by atoms with Crippen molar-refractivity contribution in [2.75, 3.05) is 12.8 Å². The van der Waals surface area contributed by atoms with Crippen molar-refractivity contribution in [1.29, 1.82) is 0 Å². The SMILES string of the molecule is Cc1cccc(CN(C)S(=O)(=O)c2cnc(N)nc2)c1. The fourth-order valence-corrected chi connectivity index (χ4v) is 2.84. The molecule has 2 rings (SSSR count). The Balaban J connectivity index is 2.23. The Bertz CT molecular complexity index is 699. The number of aryl methyl sites for hydroxylation is 1. The maximum absolute atomic E-state index is 12.3. The van der Waals surface area contributed by atoms with Crippen LogP contribution >= 0.6 is 0 Å². The minimum atomic E-state index is -3.61. The van der Waals surface area contributed by atoms with Gasteiger partial charge < -0.3 is 5.73 Å². The summed E-state index contributed by atoms with van der Waals surface area (Å²) in [6.07, 6.45) is 2.43. The lowest BCUT2D eigenvalue weighted by molar-refractivity contribution is 0.466. The number of nitrogens with zero attached hydrogens (tertiary/aromatic N) is 3. The van der Waals surface area contributed by atoms with E-state index < -0.39 is 10.0 Å². The van der Waals surface area contributed by atoms with Gasteiger partial charge >= 0.3 is 0 Å². The maximum atomic E-state index is 12.3. The van der Waals surface area contributed by atoms with E-state index in [1.165, 1.54) is 23.7 Å². The summed E-state index contributed by atoms with van der Waals surface area (Å²) >= 11 is 0. The molecule has 106 valence electrons. The van der Waals surface area contributed by atoms with Gasteiger partial charge in [0.25, 0.3) is 0 Å². The molecule has 2 N–H and O–H groups in total. The second kappa shape index (κ2) is 5.56. The van der Waals surface area contributed by atoms with Gasteiger partial charge in [0.05, 0.1) is 12.4 Å². The summed E-state index contributed by atoms with van der Waals surface area (Å²) in [5.41, 5.74) is 7.37. The number of aromatic nitrogens is 2. The molecule has 7 heteroatoms. The van der Waals surface area contributed by atoms with E-state index in [0.29, 0.717) is 0 Å². The number of rotatable bonds is 4. The number of hydrogen-bond acceptors (Lipinski definition) is 5. The van der Waals surface area contributed by atoms with E-state index in [-0.39, 0.29) is 17.4 Å². The smallest absolute Gasteiger partial charge is 0.246 e. The molecule has 0 amide bonds. The average molecular weight is 292 g/mol. The molecule has 0 aliphatic heterocycles. The molecule has 1 heterocycles. The Morgan fingerprint density at radius 1 is 1.25 bits per heavy atom. The minimum Gasteiger partial charge on any atom is -0.368 e. The summed E-state index contributed by atoms with van der Waals surface area (Å²) in [6, 6.07) is 7.70. The van der Waals surface area contributed by atoms with Gasteiger partial charge in [-0.1, -0.05) is 29.8 Å². The highest BCUT2D eigenvalue weighted by Crippen LogP contribution is 2.16. The van der Waals surface area contributed by atoms with E-state index in [0.717, 1.165) is 11.1 Å². The van der Waals surface area contributed by atoms with Crippen LogP contribution in [0.25, 0.3) is 0 Å². The van der Waals surface area contributed by atoms with Crippen molar-refractivity contribution in [3.63, 3.8) is 0 Å². The van der Waals surface area contributed by atoms with Crippen LogP contribution in [0.15, 0.2) is 41.6 Å². The predicted molar refractivity (Wildman–Crippen MR) is 76.3 cm³/mol. The van der Waals surface area contributed by atoms with Crippen molar-refractivity contribution >= 4 is 16.0 Å². The Labute approximate surface area is 118 Å². The van der Waals surface area contributed by atoms with Gasteiger partial charge in [-0.15, -0.1) is 0 Å². The van der Waals surface area contributed by atoms with Crippen LogP contribution in [0.3, 0.4) is 0 Å². The van der Waals surface area contributed by atoms with Crippen LogP contribution in [-0.2, 0) is 16.6 Å². The van der Waals surface area contributed by atoms with Crippen LogP contribution < -0.4 is 5.73 Å². The largest absolute Gasteiger partial charge is 0.368 e. The fraction of sp³-hybridized carbons (Fsp3) is 0.231. The highest BCUT2D eigenvalue weighted by molar-refractivity contribution is 7.89. The first-order valence-corrected chi connectivity index (χ1v) is 7.43. The van der Waals surface area contributed by atoms with Gasteiger partial charge in [-0.25, -0.2) is 18.4 Å². The van der Waals surface area contributed by atoms with Gasteiger partial charge in [0, 0.05) is 13.6 Å². The van der Waals surface area contributed by atoms with Crippen LogP contribution in [0.4, 0.5) is 5.95 Å². The second-order valence-corrected chi connectivity index (χ2v) is 6.57. The topological polar surface area (TPSA) is 89.2 Å². The van der Waals surface area contributed by atoms with Crippen LogP contribution in [0.2, 0.25) is 0 Å². The number of nitrogens with two attached hydrogens (primary N) is 1. The zero-order valence-corrected chi connectivity index (χ0v) is 12.1. The molecule has 6 nitrogen and oxygen atoms in total. The second-order valence-electron chi connectivity index (χ2n) is 4.53. The zero-order chi connectivity index (χ0) is 14.8. The molecule has 0 saturated heterocycles. The van der Waals surface area contributed by atoms with E-state index in [2.05, 4.69) is 9.97 Å². The Kier molecular flexibility index (Phi) is 4.01. The van der Waals surface area contributed by atoms with Gasteiger partial charge in [0.2, 0.25) is 16.0 Å². The van der Waals surface area contributed by atoms with E-state index in [4.69, 9.17) is 5.73 Å². The summed E-state index contributed by atoms with van der Waals surface area (Å²) in [6.45, 7) is 2.25. The molecule has 0 atom stereocenters. The molecule has 0 fully saturated rings. The standard InChI is InChI=1S/C13H16N4O2S/c1-10-4-3-5-11(6-10)9-17(2)20(18,19)12-7-15-13(14)16-8-12/h3-8H,9H2,1-2H3,(H2,14,15,16). The predicted octanol–water partition coefficient (Wildman–Crippen LogP) is 1.19. The summed E-state index contributed by atoms with van der Waals surface area (Å²) < 4.78 is 25.9. The third-order valence-corrected chi connectivity index (χ3v) is 4.60. The van der Waals surface area contributed by atoms with Crippen molar-refractivity contribution in [3.8, 4) is 0 Å². The molecule has 0 radical (unpaired) electrons. The lowest BCUT2D eigenvalue weighted by Gasteiger charge is -2.17. The quantitative estimate of drug-likeness (QED) is 0.914. The lowest BCUT2D eigenvalue weighted by atomic mass is 10.1. The molecule has 0 aliphatic rings. The van der Waals surface area contributed by atoms with Gasteiger partial charge in [-0.2, -0.15) is 4.31 Å². The summed E-state index contributed by atoms with van der Waals surface area (Å²) in [5.74, 6) is 0.0466. The first kappa shape index (κ1) is 14.4. The number of benzene rings is 1. The number of hydrogen-bond donors (Lipinski definition) is 1. The van der Waals surface area contributed by atoms with Crippen LogP contribution in [0.5, 0.6) is 0 Å². The van der Waals surface area contributed by atoms with Crippen molar-refractivity contribution in [3.05, 3.63) is 47.8 Å². The van der Waals surface area contributed by atoms with E-state index in [1.807, 2.05) is 31.2 Å². The van der Waals surface area contributed by atoms with Crippen LogP contribution in [0, 0.1) is 6.92 Å². The highest BCUT2D eigenvalue weighted by atomic mass is 32.2. The third-order valence-electron chi connectivity index (χ3n) is 2.84. The lowest BCUT2D eigenvalue weighted by Crippen LogP contribution is -2.26. The summed E-state index contributed by atoms with van der Waals surface area (Å²) in [7, 11) is -2.09. The van der Waals surface area contributed by atoms with Crippen molar-refractivity contribution in [1.82, 2.24) is 14.3 Å². The number of sulfonamides is 1. The van der Waals surface area contributed by atoms with E-state index in [9.17, 15) is 8.42 Å². The molecular formula is C13H16N4O2S. The molecule has 0 saturated carbocycles. The molecule has 0 spiro atoms. The van der Waals surface area contributed by atoms with Crippen LogP contribution in [-0.4, -0.2) is 29.7 Å². The van der Waals surface area contributed by atoms with Gasteiger partial charge in [0.1, 0.15) is 4.90 Å². The van der Waals surface area contributed by atoms with Crippen molar-refractivity contribution in [2.24, 2.45) is 0 Å². The van der Waals surface area contributed by atoms with Gasteiger partial charge in [-0.05, 0) is 12.5 Å². The Morgan fingerprint density at radius 3 is 2.50 bits per heavy atom. The van der Waals surface area contributed by atoms with Crippen molar-refractivity contribution < 1.29 is 8.42 Å². The fourth-order valence-electron chi connectivity index (χ4n) is 1.79. The van der Waals surface area contributed by atoms with E-state index >= 15 is 0 Å². The first-order chi connectivity index (χ1) is 9.39. The zero-order valence-electron chi connectivity index (χ0n) is 11.3. The molecule has 0 bridgehead atoms. The normalized spacial score (nSPS) is 11.8. The van der Waals surface area contributed by atoms with E-state index in [1.54, 1.807) is 0 Å². The van der Waals surface area contributed by atoms with Crippen molar-refractivity contribution in [2.45, 2.75) is 18.4 Å². The monoisotopic (exact) mass is 292 g/mol. The summed E-state index contributed by atoms with van der Waals surface area (Å²) in [4.78, 5) is 7.45.